The van der Waals surface area contributed by atoms with Crippen LogP contribution in [-0.4, -0.2) is 38.7 Å². The molecule has 0 aliphatic carbocycles. The molecule has 1 heterocycles. The number of benzene rings is 1. The highest BCUT2D eigenvalue weighted by Gasteiger charge is 2.24. The van der Waals surface area contributed by atoms with Crippen LogP contribution >= 0.6 is 0 Å². The lowest BCUT2D eigenvalue weighted by atomic mass is 9.93. The molecule has 1 saturated heterocycles. The number of rotatable bonds is 6. The van der Waals surface area contributed by atoms with E-state index < -0.39 is 0 Å². The molecule has 0 saturated carbocycles. The third-order valence-electron chi connectivity index (χ3n) is 4.47. The monoisotopic (exact) mass is 276 g/mol. The van der Waals surface area contributed by atoms with Crippen LogP contribution in [0.2, 0.25) is 0 Å². The van der Waals surface area contributed by atoms with Gasteiger partial charge in [0.05, 0.1) is 7.11 Å². The third kappa shape index (κ3) is 3.74. The molecule has 2 rings (SSSR count). The molecule has 112 valence electrons. The molecular formula is C17H28N2O. The van der Waals surface area contributed by atoms with Gasteiger partial charge in [-0.3, -0.25) is 4.90 Å². The van der Waals surface area contributed by atoms with Crippen LogP contribution in [-0.2, 0) is 0 Å². The summed E-state index contributed by atoms with van der Waals surface area (Å²) in [4.78, 5) is 2.65. The van der Waals surface area contributed by atoms with Gasteiger partial charge in [0.2, 0.25) is 0 Å². The van der Waals surface area contributed by atoms with Gasteiger partial charge in [-0.05, 0) is 69.6 Å². The van der Waals surface area contributed by atoms with Crippen LogP contribution in [0, 0.1) is 5.92 Å². The second kappa shape index (κ2) is 7.65. The average molecular weight is 276 g/mol. The normalized spacial score (nSPS) is 18.9. The zero-order chi connectivity index (χ0) is 14.4. The van der Waals surface area contributed by atoms with Crippen molar-refractivity contribution in [2.75, 3.05) is 33.8 Å². The molecule has 0 radical (unpaired) electrons. The predicted molar refractivity (Wildman–Crippen MR) is 84.2 cm³/mol. The van der Waals surface area contributed by atoms with Crippen molar-refractivity contribution in [1.29, 1.82) is 0 Å². The van der Waals surface area contributed by atoms with E-state index in [0.717, 1.165) is 18.2 Å². The van der Waals surface area contributed by atoms with E-state index >= 15 is 0 Å². The lowest BCUT2D eigenvalue weighted by Crippen LogP contribution is -2.38. The molecule has 3 heteroatoms. The van der Waals surface area contributed by atoms with Crippen LogP contribution in [0.15, 0.2) is 24.3 Å². The highest BCUT2D eigenvalue weighted by Crippen LogP contribution is 2.30. The summed E-state index contributed by atoms with van der Waals surface area (Å²) in [7, 11) is 3.78. The van der Waals surface area contributed by atoms with Gasteiger partial charge in [0.1, 0.15) is 5.75 Å². The van der Waals surface area contributed by atoms with Crippen LogP contribution in [0.1, 0.15) is 37.8 Å². The minimum Gasteiger partial charge on any atom is -0.497 e. The van der Waals surface area contributed by atoms with E-state index in [4.69, 9.17) is 4.74 Å². The van der Waals surface area contributed by atoms with Crippen LogP contribution in [0.25, 0.3) is 0 Å². The lowest BCUT2D eigenvalue weighted by molar-refractivity contribution is 0.129. The minimum absolute atomic E-state index is 0.552. The first-order valence-corrected chi connectivity index (χ1v) is 7.81. The van der Waals surface area contributed by atoms with Crippen molar-refractivity contribution in [3.8, 4) is 5.75 Å². The van der Waals surface area contributed by atoms with E-state index in [1.54, 1.807) is 7.11 Å². The van der Waals surface area contributed by atoms with Crippen molar-refractivity contribution < 1.29 is 4.74 Å². The molecule has 1 fully saturated rings. The van der Waals surface area contributed by atoms with E-state index in [-0.39, 0.29) is 0 Å². The average Bonchev–Trinajstić information content (AvgIpc) is 2.51. The standard InChI is InChI=1S/C17H28N2O/c1-4-17(15-5-7-16(20-3)8-6-15)19-11-9-14(10-12-19)13-18-2/h5-8,14,17-18H,4,9-13H2,1-3H3. The zero-order valence-electron chi connectivity index (χ0n) is 13.1. The van der Waals surface area contributed by atoms with Gasteiger partial charge >= 0.3 is 0 Å². The van der Waals surface area contributed by atoms with Gasteiger partial charge < -0.3 is 10.1 Å². The smallest absolute Gasteiger partial charge is 0.118 e. The maximum atomic E-state index is 5.25. The quantitative estimate of drug-likeness (QED) is 0.864. The highest BCUT2D eigenvalue weighted by molar-refractivity contribution is 5.29. The number of hydrogen-bond acceptors (Lipinski definition) is 3. The summed E-state index contributed by atoms with van der Waals surface area (Å²) in [5.41, 5.74) is 1.42. The van der Waals surface area contributed by atoms with E-state index in [0.29, 0.717) is 6.04 Å². The second-order valence-electron chi connectivity index (χ2n) is 5.73. The summed E-state index contributed by atoms with van der Waals surface area (Å²) in [6, 6.07) is 9.13. The van der Waals surface area contributed by atoms with Gasteiger partial charge in [0, 0.05) is 6.04 Å². The van der Waals surface area contributed by atoms with Gasteiger partial charge in [-0.15, -0.1) is 0 Å². The van der Waals surface area contributed by atoms with Crippen LogP contribution < -0.4 is 10.1 Å². The van der Waals surface area contributed by atoms with Crippen molar-refractivity contribution in [3.63, 3.8) is 0 Å². The molecule has 0 spiro atoms. The Morgan fingerprint density at radius 2 is 1.90 bits per heavy atom. The number of nitrogens with zero attached hydrogens (tertiary/aromatic N) is 1. The van der Waals surface area contributed by atoms with Gasteiger partial charge in [0.25, 0.3) is 0 Å². The van der Waals surface area contributed by atoms with Gasteiger partial charge in [-0.25, -0.2) is 0 Å². The number of methoxy groups -OCH3 is 1. The number of ether oxygens (including phenoxy) is 1. The Morgan fingerprint density at radius 3 is 2.40 bits per heavy atom. The summed E-state index contributed by atoms with van der Waals surface area (Å²) in [6.07, 6.45) is 3.80. The van der Waals surface area contributed by atoms with Crippen LogP contribution in [0.3, 0.4) is 0 Å². The number of piperidine rings is 1. The summed E-state index contributed by atoms with van der Waals surface area (Å²) in [5, 5.41) is 3.31. The molecule has 0 aromatic heterocycles. The maximum absolute atomic E-state index is 5.25. The minimum atomic E-state index is 0.552. The Balaban J connectivity index is 1.97. The molecule has 1 unspecified atom stereocenters. The Morgan fingerprint density at radius 1 is 1.25 bits per heavy atom. The summed E-state index contributed by atoms with van der Waals surface area (Å²) < 4.78 is 5.25. The molecule has 1 aromatic rings. The Kier molecular flexibility index (Phi) is 5.86. The number of nitrogens with one attached hydrogen (secondary N) is 1. The molecule has 1 aromatic carbocycles. The van der Waals surface area contributed by atoms with Gasteiger partial charge in [-0.1, -0.05) is 19.1 Å². The SMILES string of the molecule is CCC(c1ccc(OC)cc1)N1CCC(CNC)CC1. The third-order valence-corrected chi connectivity index (χ3v) is 4.47. The van der Waals surface area contributed by atoms with Crippen LogP contribution in [0.5, 0.6) is 5.75 Å². The van der Waals surface area contributed by atoms with Crippen LogP contribution in [0.4, 0.5) is 0 Å². The zero-order valence-corrected chi connectivity index (χ0v) is 13.1. The fraction of sp³-hybridized carbons (Fsp3) is 0.647. The molecule has 1 aliphatic heterocycles. The molecule has 1 aliphatic rings. The first kappa shape index (κ1) is 15.3. The molecular weight excluding hydrogens is 248 g/mol. The molecule has 1 N–H and O–H groups in total. The first-order chi connectivity index (χ1) is 9.78. The van der Waals surface area contributed by atoms with E-state index in [9.17, 15) is 0 Å². The van der Waals surface area contributed by atoms with Crippen molar-refractivity contribution in [3.05, 3.63) is 29.8 Å². The van der Waals surface area contributed by atoms with Crippen molar-refractivity contribution in [2.24, 2.45) is 5.92 Å². The summed E-state index contributed by atoms with van der Waals surface area (Å²) in [6.45, 7) is 5.88. The molecule has 0 bridgehead atoms. The topological polar surface area (TPSA) is 24.5 Å². The van der Waals surface area contributed by atoms with Gasteiger partial charge in [0.15, 0.2) is 0 Å². The molecule has 0 amide bonds. The largest absolute Gasteiger partial charge is 0.497 e. The first-order valence-electron chi connectivity index (χ1n) is 7.81. The Bertz CT molecular complexity index is 382. The molecule has 20 heavy (non-hydrogen) atoms. The maximum Gasteiger partial charge on any atom is 0.118 e. The van der Waals surface area contributed by atoms with E-state index in [1.165, 1.54) is 37.9 Å². The van der Waals surface area contributed by atoms with Crippen molar-refractivity contribution in [2.45, 2.75) is 32.2 Å². The second-order valence-corrected chi connectivity index (χ2v) is 5.73. The Labute approximate surface area is 123 Å². The summed E-state index contributed by atoms with van der Waals surface area (Å²) >= 11 is 0. The fourth-order valence-electron chi connectivity index (χ4n) is 3.29. The predicted octanol–water partition coefficient (Wildman–Crippen LogP) is 3.08. The molecule has 1 atom stereocenters. The Hall–Kier alpha value is -1.06. The van der Waals surface area contributed by atoms with Gasteiger partial charge in [-0.2, -0.15) is 0 Å². The van der Waals surface area contributed by atoms with Crippen molar-refractivity contribution in [1.82, 2.24) is 10.2 Å². The molecule has 3 nitrogen and oxygen atoms in total. The number of hydrogen-bond donors (Lipinski definition) is 1. The fourth-order valence-corrected chi connectivity index (χ4v) is 3.29. The summed E-state index contributed by atoms with van der Waals surface area (Å²) in [5.74, 6) is 1.79. The lowest BCUT2D eigenvalue weighted by Gasteiger charge is -2.37. The van der Waals surface area contributed by atoms with Crippen molar-refractivity contribution >= 4 is 0 Å². The van der Waals surface area contributed by atoms with E-state index in [2.05, 4.69) is 48.5 Å². The highest BCUT2D eigenvalue weighted by atomic mass is 16.5. The number of likely N-dealkylation sites (tertiary alicyclic amines) is 1. The van der Waals surface area contributed by atoms with E-state index in [1.807, 2.05) is 0 Å².